The van der Waals surface area contributed by atoms with Gasteiger partial charge in [-0.1, -0.05) is 44.3 Å². The molecule has 9 nitrogen and oxygen atoms in total. The Balaban J connectivity index is 1.93. The minimum absolute atomic E-state index is 0.160. The standard InChI is InChI=1S/C30H42FN7O2/c1-6-13-26(38(5)27(39)17-12-20-37(3)4)29(40)33-19-10-8-9-14-23-22-34-30(36-28(23)32-18-7-2)35-25-16-11-15-24(31)21-25/h11-12,15-17,21-22,26H,6-8,10,13,18-20H2,1-5H3,(H,33,40)(H2,32,34,35,36)/b17-12+/t26-/m0/s1. The molecule has 2 amide bonds. The Morgan fingerprint density at radius 1 is 1.15 bits per heavy atom. The smallest absolute Gasteiger partial charge is 0.246 e. The molecule has 216 valence electrons. The fourth-order valence-corrected chi connectivity index (χ4v) is 3.68. The molecule has 0 saturated heterocycles. The van der Waals surface area contributed by atoms with E-state index in [1.54, 1.807) is 31.5 Å². The van der Waals surface area contributed by atoms with E-state index in [0.717, 1.165) is 19.4 Å². The number of nitrogens with zero attached hydrogens (tertiary/aromatic N) is 4. The lowest BCUT2D eigenvalue weighted by Crippen LogP contribution is -2.47. The van der Waals surface area contributed by atoms with Crippen LogP contribution in [0.25, 0.3) is 0 Å². The Morgan fingerprint density at radius 3 is 2.65 bits per heavy atom. The Bertz CT molecular complexity index is 1190. The van der Waals surface area contributed by atoms with Crippen LogP contribution in [0.4, 0.5) is 21.8 Å². The number of unbranched alkanes of at least 4 members (excludes halogenated alkanes) is 1. The highest BCUT2D eigenvalue weighted by molar-refractivity contribution is 5.92. The number of carbonyl (C=O) groups is 2. The lowest BCUT2D eigenvalue weighted by atomic mass is 10.1. The van der Waals surface area contributed by atoms with Crippen LogP contribution in [0.2, 0.25) is 0 Å². The van der Waals surface area contributed by atoms with Crippen molar-refractivity contribution in [2.75, 3.05) is 51.4 Å². The minimum Gasteiger partial charge on any atom is -0.369 e. The molecule has 0 bridgehead atoms. The number of likely N-dealkylation sites (N-methyl/N-ethyl adjacent to an activating group) is 2. The minimum atomic E-state index is -0.517. The zero-order valence-electron chi connectivity index (χ0n) is 24.3. The van der Waals surface area contributed by atoms with Gasteiger partial charge in [-0.25, -0.2) is 9.37 Å². The van der Waals surface area contributed by atoms with Gasteiger partial charge in [-0.2, -0.15) is 4.98 Å². The molecule has 2 rings (SSSR count). The van der Waals surface area contributed by atoms with Gasteiger partial charge in [0.05, 0.1) is 11.8 Å². The Morgan fingerprint density at radius 2 is 1.95 bits per heavy atom. The number of benzene rings is 1. The fraction of sp³-hybridized carbons (Fsp3) is 0.467. The number of halogens is 1. The second-order valence-electron chi connectivity index (χ2n) is 9.63. The monoisotopic (exact) mass is 551 g/mol. The van der Waals surface area contributed by atoms with Gasteiger partial charge >= 0.3 is 0 Å². The summed E-state index contributed by atoms with van der Waals surface area (Å²) in [6.45, 7) is 5.88. The van der Waals surface area contributed by atoms with E-state index in [-0.39, 0.29) is 17.6 Å². The van der Waals surface area contributed by atoms with Crippen LogP contribution in [-0.4, -0.2) is 78.4 Å². The molecule has 0 radical (unpaired) electrons. The van der Waals surface area contributed by atoms with Crippen molar-refractivity contribution in [3.63, 3.8) is 0 Å². The molecule has 0 aliphatic carbocycles. The van der Waals surface area contributed by atoms with Crippen molar-refractivity contribution in [2.45, 2.75) is 52.0 Å². The van der Waals surface area contributed by atoms with Crippen LogP contribution in [0.5, 0.6) is 0 Å². The first-order valence-corrected chi connectivity index (χ1v) is 13.7. The zero-order valence-corrected chi connectivity index (χ0v) is 24.3. The first kappa shape index (κ1) is 32.2. The van der Waals surface area contributed by atoms with E-state index in [1.165, 1.54) is 23.1 Å². The molecule has 3 N–H and O–H groups in total. The second-order valence-corrected chi connectivity index (χ2v) is 9.63. The molecule has 0 aliphatic heterocycles. The first-order valence-electron chi connectivity index (χ1n) is 13.7. The number of carbonyl (C=O) groups excluding carboxylic acids is 2. The van der Waals surface area contributed by atoms with E-state index in [4.69, 9.17) is 0 Å². The lowest BCUT2D eigenvalue weighted by Gasteiger charge is -2.26. The van der Waals surface area contributed by atoms with Crippen LogP contribution < -0.4 is 16.0 Å². The summed E-state index contributed by atoms with van der Waals surface area (Å²) < 4.78 is 13.5. The lowest BCUT2D eigenvalue weighted by molar-refractivity contribution is -0.136. The summed E-state index contributed by atoms with van der Waals surface area (Å²) in [4.78, 5) is 37.6. The molecule has 1 heterocycles. The van der Waals surface area contributed by atoms with Crippen molar-refractivity contribution in [2.24, 2.45) is 0 Å². The maximum Gasteiger partial charge on any atom is 0.246 e. The van der Waals surface area contributed by atoms with Crippen molar-refractivity contribution in [1.82, 2.24) is 25.1 Å². The van der Waals surface area contributed by atoms with Crippen LogP contribution >= 0.6 is 0 Å². The van der Waals surface area contributed by atoms with Gasteiger partial charge in [0.2, 0.25) is 17.8 Å². The van der Waals surface area contributed by atoms with Crippen molar-refractivity contribution >= 4 is 29.3 Å². The van der Waals surface area contributed by atoms with Crippen LogP contribution in [0, 0.1) is 17.7 Å². The highest BCUT2D eigenvalue weighted by atomic mass is 19.1. The van der Waals surface area contributed by atoms with Crippen LogP contribution in [0.15, 0.2) is 42.6 Å². The van der Waals surface area contributed by atoms with Gasteiger partial charge in [0.25, 0.3) is 0 Å². The van der Waals surface area contributed by atoms with E-state index >= 15 is 0 Å². The molecular weight excluding hydrogens is 509 g/mol. The predicted octanol–water partition coefficient (Wildman–Crippen LogP) is 4.17. The van der Waals surface area contributed by atoms with Gasteiger partial charge in [0, 0.05) is 44.9 Å². The second kappa shape index (κ2) is 17.6. The van der Waals surface area contributed by atoms with Crippen molar-refractivity contribution in [3.05, 3.63) is 54.0 Å². The Labute approximate surface area is 237 Å². The third-order valence-corrected chi connectivity index (χ3v) is 5.82. The topological polar surface area (TPSA) is 102 Å². The normalized spacial score (nSPS) is 11.6. The Kier molecular flexibility index (Phi) is 14.2. The summed E-state index contributed by atoms with van der Waals surface area (Å²) >= 11 is 0. The van der Waals surface area contributed by atoms with E-state index in [9.17, 15) is 14.0 Å². The molecule has 0 unspecified atom stereocenters. The number of anilines is 3. The van der Waals surface area contributed by atoms with E-state index in [1.807, 2.05) is 25.9 Å². The molecule has 1 atom stereocenters. The molecule has 10 heteroatoms. The number of nitrogens with one attached hydrogen (secondary N) is 3. The Hall–Kier alpha value is -3.97. The average molecular weight is 552 g/mol. The van der Waals surface area contributed by atoms with E-state index in [0.29, 0.717) is 55.4 Å². The van der Waals surface area contributed by atoms with Crippen LogP contribution in [0.1, 0.15) is 51.5 Å². The van der Waals surface area contributed by atoms with Gasteiger partial charge in [-0.15, -0.1) is 0 Å². The number of amides is 2. The fourth-order valence-electron chi connectivity index (χ4n) is 3.68. The third-order valence-electron chi connectivity index (χ3n) is 5.82. The molecule has 40 heavy (non-hydrogen) atoms. The third kappa shape index (κ3) is 11.4. The highest BCUT2D eigenvalue weighted by Crippen LogP contribution is 2.18. The molecule has 2 aromatic rings. The first-order chi connectivity index (χ1) is 19.2. The molecule has 0 saturated carbocycles. The van der Waals surface area contributed by atoms with E-state index < -0.39 is 6.04 Å². The molecule has 1 aromatic heterocycles. The number of rotatable bonds is 15. The van der Waals surface area contributed by atoms with E-state index in [2.05, 4.69) is 44.7 Å². The van der Waals surface area contributed by atoms with Gasteiger partial charge < -0.3 is 25.8 Å². The molecular formula is C30H42FN7O2. The number of aromatic nitrogens is 2. The number of hydrogen-bond donors (Lipinski definition) is 3. The maximum atomic E-state index is 13.5. The van der Waals surface area contributed by atoms with Gasteiger partial charge in [0.1, 0.15) is 17.7 Å². The van der Waals surface area contributed by atoms with Gasteiger partial charge in [-0.3, -0.25) is 9.59 Å². The van der Waals surface area contributed by atoms with Crippen molar-refractivity contribution in [3.8, 4) is 11.8 Å². The summed E-state index contributed by atoms with van der Waals surface area (Å²) in [5, 5.41) is 9.22. The van der Waals surface area contributed by atoms with Crippen LogP contribution in [-0.2, 0) is 9.59 Å². The SMILES string of the molecule is CCCNc1nc(Nc2cccc(F)c2)ncc1C#CCCCNC(=O)[C@H](CCC)N(C)C(=O)/C=C/CN(C)C. The quantitative estimate of drug-likeness (QED) is 0.173. The van der Waals surface area contributed by atoms with Gasteiger partial charge in [0.15, 0.2) is 0 Å². The zero-order chi connectivity index (χ0) is 29.3. The largest absolute Gasteiger partial charge is 0.369 e. The average Bonchev–Trinajstić information content (AvgIpc) is 2.92. The molecule has 0 spiro atoms. The number of hydrogen-bond acceptors (Lipinski definition) is 7. The van der Waals surface area contributed by atoms with Crippen LogP contribution in [0.3, 0.4) is 0 Å². The predicted molar refractivity (Wildman–Crippen MR) is 159 cm³/mol. The molecule has 1 aromatic carbocycles. The van der Waals surface area contributed by atoms with Gasteiger partial charge in [-0.05, 0) is 51.6 Å². The molecule has 0 aliphatic rings. The summed E-state index contributed by atoms with van der Waals surface area (Å²) in [5.41, 5.74) is 1.22. The summed E-state index contributed by atoms with van der Waals surface area (Å²) in [6.07, 6.45) is 8.46. The van der Waals surface area contributed by atoms with Crippen molar-refractivity contribution < 1.29 is 14.0 Å². The maximum absolute atomic E-state index is 13.5. The van der Waals surface area contributed by atoms with Crippen molar-refractivity contribution in [1.29, 1.82) is 0 Å². The highest BCUT2D eigenvalue weighted by Gasteiger charge is 2.24. The summed E-state index contributed by atoms with van der Waals surface area (Å²) in [6, 6.07) is 5.58. The molecule has 0 fully saturated rings. The summed E-state index contributed by atoms with van der Waals surface area (Å²) in [7, 11) is 5.52. The summed E-state index contributed by atoms with van der Waals surface area (Å²) in [5.74, 6) is 6.49.